The van der Waals surface area contributed by atoms with Gasteiger partial charge in [0, 0.05) is 13.7 Å². The van der Waals surface area contributed by atoms with E-state index in [-0.39, 0.29) is 34.3 Å². The van der Waals surface area contributed by atoms with Gasteiger partial charge in [-0.15, -0.1) is 11.3 Å². The first-order valence-corrected chi connectivity index (χ1v) is 13.2. The lowest BCUT2D eigenvalue weighted by molar-refractivity contribution is 0.102. The molecule has 2 aromatic carbocycles. The van der Waals surface area contributed by atoms with Crippen molar-refractivity contribution in [2.75, 3.05) is 19.0 Å². The van der Waals surface area contributed by atoms with E-state index in [4.69, 9.17) is 14.7 Å². The molecule has 0 unspecified atom stereocenters. The Morgan fingerprint density at radius 1 is 1.03 bits per heavy atom. The summed E-state index contributed by atoms with van der Waals surface area (Å²) in [5, 5.41) is 4.63. The Labute approximate surface area is 206 Å². The molecule has 0 radical (unpaired) electrons. The van der Waals surface area contributed by atoms with Crippen LogP contribution in [0.2, 0.25) is 0 Å². The van der Waals surface area contributed by atoms with Crippen LogP contribution in [0.1, 0.15) is 15.2 Å². The molecule has 0 saturated heterocycles. The van der Waals surface area contributed by atoms with Crippen LogP contribution in [0.3, 0.4) is 0 Å². The smallest absolute Gasteiger partial charge is 0.266 e. The van der Waals surface area contributed by atoms with Crippen LogP contribution in [0, 0.1) is 6.92 Å². The molecule has 8 nitrogen and oxygen atoms in total. The van der Waals surface area contributed by atoms with Crippen LogP contribution in [0.4, 0.5) is 5.82 Å². The van der Waals surface area contributed by atoms with Crippen molar-refractivity contribution in [1.82, 2.24) is 14.5 Å². The summed E-state index contributed by atoms with van der Waals surface area (Å²) in [5.41, 5.74) is 2.66. The fourth-order valence-corrected chi connectivity index (χ4v) is 6.02. The van der Waals surface area contributed by atoms with Gasteiger partial charge < -0.3 is 14.6 Å². The van der Waals surface area contributed by atoms with Crippen molar-refractivity contribution in [3.8, 4) is 0 Å². The summed E-state index contributed by atoms with van der Waals surface area (Å²) in [4.78, 5) is 23.0. The van der Waals surface area contributed by atoms with Crippen LogP contribution >= 0.6 is 11.3 Å². The van der Waals surface area contributed by atoms with E-state index in [0.717, 1.165) is 5.56 Å². The number of carbonyl (C=O) groups excluding carboxylic acids is 1. The second-order valence-corrected chi connectivity index (χ2v) is 10.8. The van der Waals surface area contributed by atoms with E-state index in [1.54, 1.807) is 59.5 Å². The van der Waals surface area contributed by atoms with Gasteiger partial charge in [-0.1, -0.05) is 35.9 Å². The molecule has 3 heterocycles. The second kappa shape index (κ2) is 9.21. The number of rotatable bonds is 7. The van der Waals surface area contributed by atoms with E-state index >= 15 is 0 Å². The fourth-order valence-electron chi connectivity index (χ4n) is 3.86. The fraction of sp³-hybridized carbons (Fsp3) is 0.160. The number of anilines is 1. The van der Waals surface area contributed by atoms with Gasteiger partial charge in [-0.3, -0.25) is 4.79 Å². The number of aromatic nitrogens is 3. The predicted molar refractivity (Wildman–Crippen MR) is 136 cm³/mol. The number of thiophene rings is 1. The van der Waals surface area contributed by atoms with Crippen LogP contribution in [0.25, 0.3) is 22.2 Å². The molecule has 5 rings (SSSR count). The number of sulfone groups is 1. The first-order valence-electron chi connectivity index (χ1n) is 10.8. The largest absolute Gasteiger partial charge is 0.383 e. The number of amides is 1. The number of hydrogen-bond donors (Lipinski definition) is 1. The number of ether oxygens (including phenoxy) is 1. The average molecular weight is 507 g/mol. The van der Waals surface area contributed by atoms with Crippen molar-refractivity contribution in [3.63, 3.8) is 0 Å². The molecule has 0 aliphatic carbocycles. The van der Waals surface area contributed by atoms with Gasteiger partial charge in [0.15, 0.2) is 5.65 Å². The van der Waals surface area contributed by atoms with Crippen molar-refractivity contribution >= 4 is 55.1 Å². The molecule has 1 N–H and O–H groups in total. The zero-order valence-electron chi connectivity index (χ0n) is 19.1. The number of methoxy groups -OCH3 is 1. The van der Waals surface area contributed by atoms with Crippen LogP contribution in [-0.2, 0) is 21.1 Å². The first kappa shape index (κ1) is 23.2. The van der Waals surface area contributed by atoms with Gasteiger partial charge in [0.2, 0.25) is 9.84 Å². The molecule has 0 bridgehead atoms. The van der Waals surface area contributed by atoms with Gasteiger partial charge in [-0.25, -0.2) is 18.4 Å². The lowest BCUT2D eigenvalue weighted by Gasteiger charge is -2.12. The number of fused-ring (bicyclic) bond motifs is 2. The average Bonchev–Trinajstić information content (AvgIpc) is 3.48. The highest BCUT2D eigenvalue weighted by atomic mass is 32.2. The Morgan fingerprint density at radius 3 is 2.40 bits per heavy atom. The molecule has 178 valence electrons. The summed E-state index contributed by atoms with van der Waals surface area (Å²) in [6.07, 6.45) is 0. The molecule has 0 fully saturated rings. The van der Waals surface area contributed by atoms with Crippen LogP contribution in [-0.4, -0.2) is 42.6 Å². The molecular formula is C25H22N4O4S2. The molecule has 0 aliphatic heterocycles. The highest BCUT2D eigenvalue weighted by Gasteiger charge is 2.32. The number of benzene rings is 2. The number of carbonyl (C=O) groups is 1. The number of nitrogens with zero attached hydrogens (tertiary/aromatic N) is 3. The molecular weight excluding hydrogens is 484 g/mol. The Balaban J connectivity index is 1.83. The molecule has 10 heteroatoms. The van der Waals surface area contributed by atoms with E-state index in [0.29, 0.717) is 21.6 Å². The second-order valence-electron chi connectivity index (χ2n) is 7.95. The minimum atomic E-state index is -4.08. The Hall–Kier alpha value is -3.60. The maximum atomic E-state index is 14.0. The summed E-state index contributed by atoms with van der Waals surface area (Å²) in [6.45, 7) is 2.44. The molecule has 0 saturated carbocycles. The van der Waals surface area contributed by atoms with Gasteiger partial charge in [-0.05, 0) is 42.6 Å². The normalized spacial score (nSPS) is 11.8. The number of para-hydroxylation sites is 2. The molecule has 0 atom stereocenters. The minimum Gasteiger partial charge on any atom is -0.383 e. The van der Waals surface area contributed by atoms with Crippen molar-refractivity contribution in [1.29, 1.82) is 0 Å². The van der Waals surface area contributed by atoms with E-state index in [2.05, 4.69) is 5.32 Å². The first-order chi connectivity index (χ1) is 16.9. The third kappa shape index (κ3) is 4.20. The highest BCUT2D eigenvalue weighted by Crippen LogP contribution is 2.37. The monoisotopic (exact) mass is 506 g/mol. The Kier molecular flexibility index (Phi) is 6.10. The standard InChI is InChI=1S/C25H22N4O4S2/c1-16-9-11-17(12-10-16)35(31,32)22-21-23(27-19-7-4-3-6-18(19)26-21)29(13-14-33-2)24(22)28-25(30)20-8-5-15-34-20/h3-12,15H,13-14H2,1-2H3,(H,28,30). The molecule has 1 amide bonds. The molecule has 5 aromatic rings. The highest BCUT2D eigenvalue weighted by molar-refractivity contribution is 7.92. The zero-order chi connectivity index (χ0) is 24.6. The molecule has 35 heavy (non-hydrogen) atoms. The van der Waals surface area contributed by atoms with E-state index in [1.165, 1.54) is 11.3 Å². The molecule has 0 spiro atoms. The van der Waals surface area contributed by atoms with Crippen molar-refractivity contribution in [2.45, 2.75) is 23.3 Å². The predicted octanol–water partition coefficient (Wildman–Crippen LogP) is 4.69. The van der Waals surface area contributed by atoms with Gasteiger partial charge >= 0.3 is 0 Å². The van der Waals surface area contributed by atoms with Gasteiger partial charge in [0.05, 0.1) is 27.4 Å². The van der Waals surface area contributed by atoms with Crippen LogP contribution in [0.15, 0.2) is 75.8 Å². The zero-order valence-corrected chi connectivity index (χ0v) is 20.7. The lowest BCUT2D eigenvalue weighted by Crippen LogP contribution is -2.18. The SMILES string of the molecule is COCCn1c(NC(=O)c2cccs2)c(S(=O)(=O)c2ccc(C)cc2)c2nc3ccccc3nc21. The summed E-state index contributed by atoms with van der Waals surface area (Å²) < 4.78 is 35.0. The van der Waals surface area contributed by atoms with Gasteiger partial charge in [0.1, 0.15) is 16.2 Å². The van der Waals surface area contributed by atoms with E-state index < -0.39 is 15.7 Å². The molecule has 3 aromatic heterocycles. The maximum Gasteiger partial charge on any atom is 0.266 e. The van der Waals surface area contributed by atoms with E-state index in [1.807, 2.05) is 25.1 Å². The third-order valence-corrected chi connectivity index (χ3v) is 8.29. The summed E-state index contributed by atoms with van der Waals surface area (Å²) >= 11 is 1.27. The quantitative estimate of drug-likeness (QED) is 0.344. The molecule has 0 aliphatic rings. The third-order valence-electron chi connectivity index (χ3n) is 5.60. The number of hydrogen-bond acceptors (Lipinski definition) is 7. The van der Waals surface area contributed by atoms with Gasteiger partial charge in [0.25, 0.3) is 5.91 Å². The van der Waals surface area contributed by atoms with Crippen molar-refractivity contribution in [3.05, 3.63) is 76.5 Å². The summed E-state index contributed by atoms with van der Waals surface area (Å²) in [5.74, 6) is -0.294. The van der Waals surface area contributed by atoms with Crippen LogP contribution < -0.4 is 5.32 Å². The summed E-state index contributed by atoms with van der Waals surface area (Å²) in [7, 11) is -2.52. The Bertz CT molecular complexity index is 1640. The van der Waals surface area contributed by atoms with Crippen molar-refractivity contribution in [2.24, 2.45) is 0 Å². The Morgan fingerprint density at radius 2 is 1.74 bits per heavy atom. The van der Waals surface area contributed by atoms with Crippen molar-refractivity contribution < 1.29 is 17.9 Å². The maximum absolute atomic E-state index is 14.0. The van der Waals surface area contributed by atoms with Crippen LogP contribution in [0.5, 0.6) is 0 Å². The topological polar surface area (TPSA) is 103 Å². The summed E-state index contributed by atoms with van der Waals surface area (Å²) in [6, 6.07) is 17.3. The minimum absolute atomic E-state index is 0.0874. The number of aryl methyl sites for hydroxylation is 1. The lowest BCUT2D eigenvalue weighted by atomic mass is 10.2. The van der Waals surface area contributed by atoms with E-state index in [9.17, 15) is 13.2 Å². The van der Waals surface area contributed by atoms with Gasteiger partial charge in [-0.2, -0.15) is 0 Å². The number of nitrogens with one attached hydrogen (secondary N) is 1.